The van der Waals surface area contributed by atoms with Crippen LogP contribution in [0.15, 0.2) is 29.1 Å². The largest absolute Gasteiger partial charge is 0.508 e. The Labute approximate surface area is 137 Å². The first-order valence-electron chi connectivity index (χ1n) is 7.39. The van der Waals surface area contributed by atoms with E-state index < -0.39 is 0 Å². The lowest BCUT2D eigenvalue weighted by Crippen LogP contribution is -2.30. The zero-order valence-electron chi connectivity index (χ0n) is 13.3. The normalized spacial score (nSPS) is 12.0. The van der Waals surface area contributed by atoms with Crippen LogP contribution in [0.2, 0.25) is 0 Å². The van der Waals surface area contributed by atoms with Crippen molar-refractivity contribution in [2.24, 2.45) is 0 Å². The summed E-state index contributed by atoms with van der Waals surface area (Å²) in [6, 6.07) is 7.23. The number of hydrogen-bond donors (Lipinski definition) is 1. The third-order valence-corrected chi connectivity index (χ3v) is 4.50. The minimum absolute atomic E-state index is 0.215. The van der Waals surface area contributed by atoms with Crippen LogP contribution >= 0.6 is 11.3 Å². The molecule has 1 N–H and O–H groups in total. The highest BCUT2D eigenvalue weighted by Gasteiger charge is 2.23. The second kappa shape index (κ2) is 5.73. The number of phenolic OH excluding ortho intramolecular Hbond substituents is 1. The maximum absolute atomic E-state index is 12.5. The second-order valence-electron chi connectivity index (χ2n) is 6.42. The van der Waals surface area contributed by atoms with Gasteiger partial charge < -0.3 is 5.11 Å². The molecule has 1 aromatic carbocycles. The third kappa shape index (κ3) is 3.10. The number of phenols is 1. The molecule has 0 atom stereocenters. The Hall–Kier alpha value is -2.28. The van der Waals surface area contributed by atoms with Crippen LogP contribution in [0.25, 0.3) is 4.96 Å². The first-order chi connectivity index (χ1) is 10.9. The molecule has 0 aliphatic carbocycles. The standard InChI is InChI=1S/C16H18N4O2S/c1-16(2,3)13-14(22)20-15(18-17-13)23-12(19-20)9-8-10-6-4-5-7-11(10)21/h4-7,21H,8-9H2,1-3H3. The Morgan fingerprint density at radius 1 is 1.17 bits per heavy atom. The highest BCUT2D eigenvalue weighted by Crippen LogP contribution is 2.20. The predicted octanol–water partition coefficient (Wildman–Crippen LogP) is 2.33. The van der Waals surface area contributed by atoms with Crippen molar-refractivity contribution in [1.29, 1.82) is 0 Å². The molecule has 0 saturated carbocycles. The monoisotopic (exact) mass is 330 g/mol. The van der Waals surface area contributed by atoms with Crippen molar-refractivity contribution in [3.8, 4) is 5.75 Å². The topological polar surface area (TPSA) is 80.4 Å². The second-order valence-corrected chi connectivity index (χ2v) is 7.46. The summed E-state index contributed by atoms with van der Waals surface area (Å²) in [4.78, 5) is 13.0. The van der Waals surface area contributed by atoms with Crippen molar-refractivity contribution < 1.29 is 5.11 Å². The van der Waals surface area contributed by atoms with Crippen molar-refractivity contribution >= 4 is 16.3 Å². The Morgan fingerprint density at radius 2 is 1.91 bits per heavy atom. The molecule has 120 valence electrons. The van der Waals surface area contributed by atoms with Gasteiger partial charge in [-0.1, -0.05) is 50.3 Å². The van der Waals surface area contributed by atoms with Gasteiger partial charge in [-0.2, -0.15) is 9.61 Å². The van der Waals surface area contributed by atoms with Gasteiger partial charge in [0.2, 0.25) is 4.96 Å². The van der Waals surface area contributed by atoms with Gasteiger partial charge in [-0.25, -0.2) is 0 Å². The van der Waals surface area contributed by atoms with Crippen molar-refractivity contribution in [3.05, 3.63) is 50.9 Å². The molecule has 0 amide bonds. The summed E-state index contributed by atoms with van der Waals surface area (Å²) in [6.07, 6.45) is 1.29. The zero-order chi connectivity index (χ0) is 16.6. The van der Waals surface area contributed by atoms with Crippen molar-refractivity contribution in [3.63, 3.8) is 0 Å². The summed E-state index contributed by atoms with van der Waals surface area (Å²) in [7, 11) is 0. The summed E-state index contributed by atoms with van der Waals surface area (Å²) < 4.78 is 1.33. The number of nitrogens with zero attached hydrogens (tertiary/aromatic N) is 4. The van der Waals surface area contributed by atoms with Gasteiger partial charge in [-0.15, -0.1) is 10.2 Å². The Morgan fingerprint density at radius 3 is 2.61 bits per heavy atom. The molecule has 0 fully saturated rings. The molecule has 0 aliphatic heterocycles. The van der Waals surface area contributed by atoms with E-state index in [0.717, 1.165) is 10.6 Å². The van der Waals surface area contributed by atoms with Gasteiger partial charge in [0.05, 0.1) is 0 Å². The molecule has 6 nitrogen and oxygen atoms in total. The number of benzene rings is 1. The highest BCUT2D eigenvalue weighted by molar-refractivity contribution is 7.16. The van der Waals surface area contributed by atoms with E-state index in [-0.39, 0.29) is 16.7 Å². The number of aryl methyl sites for hydroxylation is 2. The van der Waals surface area contributed by atoms with Crippen molar-refractivity contribution in [2.45, 2.75) is 39.0 Å². The van der Waals surface area contributed by atoms with Gasteiger partial charge in [0.1, 0.15) is 16.5 Å². The van der Waals surface area contributed by atoms with E-state index in [1.165, 1.54) is 15.9 Å². The van der Waals surface area contributed by atoms with Gasteiger partial charge in [-0.3, -0.25) is 4.79 Å². The molecule has 2 aromatic heterocycles. The quantitative estimate of drug-likeness (QED) is 0.797. The van der Waals surface area contributed by atoms with Crippen LogP contribution in [-0.4, -0.2) is 24.9 Å². The fourth-order valence-corrected chi connectivity index (χ4v) is 3.12. The number of hydrogen-bond acceptors (Lipinski definition) is 6. The fourth-order valence-electron chi connectivity index (χ4n) is 2.29. The number of fused-ring (bicyclic) bond motifs is 1. The lowest BCUT2D eigenvalue weighted by atomic mass is 9.93. The molecular formula is C16H18N4O2S. The SMILES string of the molecule is CC(C)(C)c1nnc2sc(CCc3ccccc3O)nn2c1=O. The van der Waals surface area contributed by atoms with E-state index in [4.69, 9.17) is 0 Å². The summed E-state index contributed by atoms with van der Waals surface area (Å²) in [6.45, 7) is 5.78. The van der Waals surface area contributed by atoms with E-state index in [9.17, 15) is 9.90 Å². The third-order valence-electron chi connectivity index (χ3n) is 3.54. The summed E-state index contributed by atoms with van der Waals surface area (Å²) >= 11 is 1.35. The lowest BCUT2D eigenvalue weighted by molar-refractivity contribution is 0.468. The van der Waals surface area contributed by atoms with Crippen LogP contribution in [-0.2, 0) is 18.3 Å². The van der Waals surface area contributed by atoms with Crippen LogP contribution in [0.5, 0.6) is 5.75 Å². The van der Waals surface area contributed by atoms with E-state index in [2.05, 4.69) is 15.3 Å². The van der Waals surface area contributed by atoms with Gasteiger partial charge >= 0.3 is 0 Å². The molecule has 3 aromatic rings. The Balaban J connectivity index is 1.90. The number of aromatic nitrogens is 4. The zero-order valence-corrected chi connectivity index (χ0v) is 14.1. The van der Waals surface area contributed by atoms with Crippen LogP contribution in [0.4, 0.5) is 0 Å². The van der Waals surface area contributed by atoms with E-state index >= 15 is 0 Å². The molecular weight excluding hydrogens is 312 g/mol. The van der Waals surface area contributed by atoms with Crippen molar-refractivity contribution in [1.82, 2.24) is 19.8 Å². The summed E-state index contributed by atoms with van der Waals surface area (Å²) in [5.41, 5.74) is 0.686. The van der Waals surface area contributed by atoms with E-state index in [1.807, 2.05) is 32.9 Å². The number of rotatable bonds is 3. The summed E-state index contributed by atoms with van der Waals surface area (Å²) in [5, 5.41) is 23.2. The Bertz CT molecular complexity index is 908. The van der Waals surface area contributed by atoms with Gasteiger partial charge in [0, 0.05) is 11.8 Å². The fraction of sp³-hybridized carbons (Fsp3) is 0.375. The maximum Gasteiger partial charge on any atom is 0.297 e. The molecule has 0 spiro atoms. The molecule has 7 heteroatoms. The minimum Gasteiger partial charge on any atom is -0.508 e. The van der Waals surface area contributed by atoms with Crippen LogP contribution in [0.1, 0.15) is 37.0 Å². The first-order valence-corrected chi connectivity index (χ1v) is 8.20. The van der Waals surface area contributed by atoms with E-state index in [0.29, 0.717) is 23.5 Å². The maximum atomic E-state index is 12.5. The molecule has 0 radical (unpaired) electrons. The first kappa shape index (κ1) is 15.6. The molecule has 23 heavy (non-hydrogen) atoms. The number of para-hydroxylation sites is 1. The van der Waals surface area contributed by atoms with Crippen molar-refractivity contribution in [2.75, 3.05) is 0 Å². The molecule has 2 heterocycles. The molecule has 3 rings (SSSR count). The van der Waals surface area contributed by atoms with E-state index in [1.54, 1.807) is 12.1 Å². The molecule has 0 aliphatic rings. The highest BCUT2D eigenvalue weighted by atomic mass is 32.1. The van der Waals surface area contributed by atoms with Gasteiger partial charge in [0.25, 0.3) is 5.56 Å². The smallest absolute Gasteiger partial charge is 0.297 e. The Kier molecular flexibility index (Phi) is 3.89. The van der Waals surface area contributed by atoms with Gasteiger partial charge in [0.15, 0.2) is 0 Å². The number of aromatic hydroxyl groups is 1. The van der Waals surface area contributed by atoms with Crippen LogP contribution < -0.4 is 5.56 Å². The lowest BCUT2D eigenvalue weighted by Gasteiger charge is -2.14. The van der Waals surface area contributed by atoms with Crippen LogP contribution in [0.3, 0.4) is 0 Å². The summed E-state index contributed by atoms with van der Waals surface area (Å²) in [5.74, 6) is 0.278. The average molecular weight is 330 g/mol. The minimum atomic E-state index is -0.370. The predicted molar refractivity (Wildman–Crippen MR) is 89.1 cm³/mol. The molecule has 0 unspecified atom stereocenters. The molecule has 0 saturated heterocycles. The average Bonchev–Trinajstić information content (AvgIpc) is 2.89. The molecule has 0 bridgehead atoms. The van der Waals surface area contributed by atoms with Gasteiger partial charge in [-0.05, 0) is 18.1 Å². The van der Waals surface area contributed by atoms with Crippen LogP contribution in [0, 0.1) is 0 Å².